The van der Waals surface area contributed by atoms with Crippen molar-refractivity contribution in [1.29, 1.82) is 0 Å². The monoisotopic (exact) mass is 425 g/mol. The van der Waals surface area contributed by atoms with Crippen LogP contribution < -0.4 is 10.2 Å². The summed E-state index contributed by atoms with van der Waals surface area (Å²) in [6.07, 6.45) is 4.11. The van der Waals surface area contributed by atoms with Gasteiger partial charge in [-0.25, -0.2) is 0 Å². The average molecular weight is 426 g/mol. The summed E-state index contributed by atoms with van der Waals surface area (Å²) < 4.78 is 7.22. The van der Waals surface area contributed by atoms with Crippen molar-refractivity contribution >= 4 is 29.0 Å². The van der Waals surface area contributed by atoms with Gasteiger partial charge in [0.1, 0.15) is 5.76 Å². The van der Waals surface area contributed by atoms with Crippen molar-refractivity contribution in [3.05, 3.63) is 42.4 Å². The number of piperidine rings is 1. The Morgan fingerprint density at radius 1 is 1.20 bits per heavy atom. The fraction of sp³-hybridized carbons (Fsp3) is 0.409. The highest BCUT2D eigenvalue weighted by atomic mass is 32.2. The topological polar surface area (TPSA) is 76.2 Å². The molecule has 0 radical (unpaired) electrons. The molecule has 3 aromatic rings. The first-order chi connectivity index (χ1) is 14.5. The number of hydrogen-bond acceptors (Lipinski definition) is 6. The van der Waals surface area contributed by atoms with Crippen LogP contribution in [0, 0.1) is 12.8 Å². The number of nitrogens with one attached hydrogen (secondary N) is 1. The highest BCUT2D eigenvalue weighted by molar-refractivity contribution is 7.99. The van der Waals surface area contributed by atoms with Gasteiger partial charge in [0.25, 0.3) is 0 Å². The van der Waals surface area contributed by atoms with E-state index in [-0.39, 0.29) is 11.7 Å². The van der Waals surface area contributed by atoms with E-state index in [0.29, 0.717) is 5.16 Å². The molecular formula is C22H27N5O2S. The number of rotatable bonds is 6. The predicted octanol–water partition coefficient (Wildman–Crippen LogP) is 4.35. The van der Waals surface area contributed by atoms with Gasteiger partial charge in [0, 0.05) is 31.5 Å². The maximum absolute atomic E-state index is 12.4. The minimum absolute atomic E-state index is 0.0661. The van der Waals surface area contributed by atoms with Crippen molar-refractivity contribution in [2.24, 2.45) is 13.0 Å². The third kappa shape index (κ3) is 4.53. The van der Waals surface area contributed by atoms with Crippen LogP contribution in [-0.4, -0.2) is 39.5 Å². The molecule has 1 N–H and O–H groups in total. The number of carbonyl (C=O) groups excluding carboxylic acids is 1. The molecule has 0 bridgehead atoms. The fourth-order valence-electron chi connectivity index (χ4n) is 3.64. The molecule has 0 saturated carbocycles. The second-order valence-corrected chi connectivity index (χ2v) is 8.75. The van der Waals surface area contributed by atoms with Crippen LogP contribution in [0.4, 0.5) is 11.4 Å². The Morgan fingerprint density at radius 2 is 1.93 bits per heavy atom. The largest absolute Gasteiger partial charge is 0.469 e. The molecule has 1 saturated heterocycles. The van der Waals surface area contributed by atoms with Gasteiger partial charge in [-0.1, -0.05) is 18.7 Å². The van der Waals surface area contributed by atoms with Crippen LogP contribution in [0.1, 0.15) is 25.5 Å². The number of benzene rings is 1. The molecule has 0 aliphatic carbocycles. The number of aromatic nitrogens is 3. The van der Waals surface area contributed by atoms with Crippen LogP contribution in [-0.2, 0) is 11.8 Å². The molecule has 0 atom stereocenters. The van der Waals surface area contributed by atoms with Crippen molar-refractivity contribution < 1.29 is 9.21 Å². The summed E-state index contributed by atoms with van der Waals surface area (Å²) in [5.41, 5.74) is 2.93. The lowest BCUT2D eigenvalue weighted by atomic mass is 9.99. The zero-order valence-electron chi connectivity index (χ0n) is 17.6. The van der Waals surface area contributed by atoms with Crippen LogP contribution in [0.5, 0.6) is 0 Å². The lowest BCUT2D eigenvalue weighted by Crippen LogP contribution is -2.32. The van der Waals surface area contributed by atoms with Crippen molar-refractivity contribution in [2.75, 3.05) is 29.1 Å². The summed E-state index contributed by atoms with van der Waals surface area (Å²) in [4.78, 5) is 14.8. The third-order valence-corrected chi connectivity index (χ3v) is 6.59. The molecule has 3 heterocycles. The molecule has 1 fully saturated rings. The molecule has 0 spiro atoms. The van der Waals surface area contributed by atoms with E-state index in [1.807, 2.05) is 36.7 Å². The van der Waals surface area contributed by atoms with E-state index >= 15 is 0 Å². The van der Waals surface area contributed by atoms with Gasteiger partial charge in [0.05, 0.1) is 17.6 Å². The molecule has 30 heavy (non-hydrogen) atoms. The van der Waals surface area contributed by atoms with E-state index in [2.05, 4.69) is 39.5 Å². The summed E-state index contributed by atoms with van der Waals surface area (Å²) in [5, 5.41) is 12.1. The van der Waals surface area contributed by atoms with Gasteiger partial charge in [0.15, 0.2) is 11.0 Å². The van der Waals surface area contributed by atoms with Gasteiger partial charge in [-0.15, -0.1) is 10.2 Å². The van der Waals surface area contributed by atoms with E-state index in [0.717, 1.165) is 41.8 Å². The minimum Gasteiger partial charge on any atom is -0.469 e. The molecule has 0 unspecified atom stereocenters. The minimum atomic E-state index is -0.0661. The highest BCUT2D eigenvalue weighted by Crippen LogP contribution is 2.27. The molecule has 8 heteroatoms. The fourth-order valence-corrected chi connectivity index (χ4v) is 4.35. The summed E-state index contributed by atoms with van der Waals surface area (Å²) in [6.45, 7) is 6.40. The molecule has 1 aliphatic rings. The molecule has 2 aromatic heterocycles. The number of carbonyl (C=O) groups is 1. The van der Waals surface area contributed by atoms with Crippen molar-refractivity contribution in [2.45, 2.75) is 31.8 Å². The van der Waals surface area contributed by atoms with Gasteiger partial charge in [-0.2, -0.15) is 0 Å². The Bertz CT molecular complexity index is 1000. The summed E-state index contributed by atoms with van der Waals surface area (Å²) in [7, 11) is 1.89. The van der Waals surface area contributed by atoms with Crippen LogP contribution in [0.25, 0.3) is 11.4 Å². The maximum Gasteiger partial charge on any atom is 0.234 e. The number of anilines is 2. The molecule has 7 nitrogen and oxygen atoms in total. The smallest absolute Gasteiger partial charge is 0.234 e. The predicted molar refractivity (Wildman–Crippen MR) is 120 cm³/mol. The molecular weight excluding hydrogens is 398 g/mol. The van der Waals surface area contributed by atoms with Crippen molar-refractivity contribution in [3.63, 3.8) is 0 Å². The Morgan fingerprint density at radius 3 is 2.60 bits per heavy atom. The van der Waals surface area contributed by atoms with Crippen molar-refractivity contribution in [1.82, 2.24) is 14.8 Å². The van der Waals surface area contributed by atoms with Gasteiger partial charge in [-0.05, 0) is 56.0 Å². The normalized spacial score (nSPS) is 14.8. The Hall–Kier alpha value is -2.74. The van der Waals surface area contributed by atoms with Crippen LogP contribution in [0.3, 0.4) is 0 Å². The molecule has 158 valence electrons. The number of thioether (sulfide) groups is 1. The Balaban J connectivity index is 1.31. The Labute approximate surface area is 180 Å². The third-order valence-electron chi connectivity index (χ3n) is 5.57. The van der Waals surface area contributed by atoms with E-state index in [9.17, 15) is 4.79 Å². The quantitative estimate of drug-likeness (QED) is 0.592. The van der Waals surface area contributed by atoms with Gasteiger partial charge in [0.2, 0.25) is 5.91 Å². The summed E-state index contributed by atoms with van der Waals surface area (Å²) >= 11 is 1.36. The summed E-state index contributed by atoms with van der Waals surface area (Å²) in [5.74, 6) is 2.53. The second kappa shape index (κ2) is 8.95. The Kier molecular flexibility index (Phi) is 6.13. The first-order valence-corrected chi connectivity index (χ1v) is 11.2. The first kappa shape index (κ1) is 20.5. The number of furan rings is 1. The van der Waals surface area contributed by atoms with E-state index in [1.54, 1.807) is 6.26 Å². The van der Waals surface area contributed by atoms with Crippen LogP contribution in [0.2, 0.25) is 0 Å². The number of nitrogens with zero attached hydrogens (tertiary/aromatic N) is 4. The molecule has 1 aromatic carbocycles. The number of aryl methyl sites for hydroxylation is 1. The lowest BCUT2D eigenvalue weighted by molar-refractivity contribution is -0.113. The second-order valence-electron chi connectivity index (χ2n) is 7.81. The number of hydrogen-bond donors (Lipinski definition) is 1. The van der Waals surface area contributed by atoms with Gasteiger partial charge in [-0.3, -0.25) is 4.79 Å². The van der Waals surface area contributed by atoms with E-state index in [1.165, 1.54) is 30.3 Å². The molecule has 1 amide bonds. The van der Waals surface area contributed by atoms with Crippen molar-refractivity contribution in [3.8, 4) is 11.4 Å². The lowest BCUT2D eigenvalue weighted by Gasteiger charge is -2.32. The highest BCUT2D eigenvalue weighted by Gasteiger charge is 2.17. The van der Waals surface area contributed by atoms with Crippen LogP contribution >= 0.6 is 11.8 Å². The SMILES string of the molecule is Cc1occc1-c1nnc(SCC(=O)Nc2ccc(N3CCC(C)CC3)cc2)n1C. The van der Waals surface area contributed by atoms with E-state index < -0.39 is 0 Å². The maximum atomic E-state index is 12.4. The average Bonchev–Trinajstić information content (AvgIpc) is 3.32. The zero-order chi connectivity index (χ0) is 21.1. The first-order valence-electron chi connectivity index (χ1n) is 10.2. The zero-order valence-corrected chi connectivity index (χ0v) is 18.4. The number of amides is 1. The standard InChI is InChI=1S/C22H27N5O2S/c1-15-8-11-27(12-9-15)18-6-4-17(5-7-18)23-20(28)14-30-22-25-24-21(26(22)3)19-10-13-29-16(19)2/h4-7,10,13,15H,8-9,11-12,14H2,1-3H3,(H,23,28). The molecule has 1 aliphatic heterocycles. The molecule has 4 rings (SSSR count). The van der Waals surface area contributed by atoms with Gasteiger partial charge < -0.3 is 19.2 Å². The van der Waals surface area contributed by atoms with Gasteiger partial charge >= 0.3 is 0 Å². The summed E-state index contributed by atoms with van der Waals surface area (Å²) in [6, 6.07) is 9.98. The van der Waals surface area contributed by atoms with Crippen LogP contribution in [0.15, 0.2) is 46.2 Å². The van der Waals surface area contributed by atoms with E-state index in [4.69, 9.17) is 4.42 Å².